The Morgan fingerprint density at radius 3 is 2.20 bits per heavy atom. The van der Waals surface area contributed by atoms with Crippen LogP contribution in [0.3, 0.4) is 0 Å². The number of carbonyl (C=O) groups excluding carboxylic acids is 1. The van der Waals surface area contributed by atoms with Crippen LogP contribution in [0.15, 0.2) is 24.3 Å². The number of benzene rings is 1. The van der Waals surface area contributed by atoms with Crippen LogP contribution < -0.4 is 15.8 Å². The van der Waals surface area contributed by atoms with Crippen LogP contribution in [0.25, 0.3) is 0 Å². The molecule has 0 saturated heterocycles. The number of hydrogen-bond donors (Lipinski definition) is 2. The number of amides is 1. The van der Waals surface area contributed by atoms with E-state index in [4.69, 9.17) is 10.5 Å². The van der Waals surface area contributed by atoms with Crippen molar-refractivity contribution in [3.05, 3.63) is 24.3 Å². The lowest BCUT2D eigenvalue weighted by Crippen LogP contribution is -2.48. The Labute approximate surface area is 121 Å². The molecule has 0 radical (unpaired) electrons. The van der Waals surface area contributed by atoms with Crippen LogP contribution in [0.4, 0.5) is 5.69 Å². The minimum absolute atomic E-state index is 0.163. The van der Waals surface area contributed by atoms with Crippen LogP contribution in [0.5, 0.6) is 5.75 Å². The van der Waals surface area contributed by atoms with Gasteiger partial charge in [0, 0.05) is 5.69 Å². The summed E-state index contributed by atoms with van der Waals surface area (Å²) in [5.74, 6) is 0.614. The molecule has 112 valence electrons. The molecule has 1 rings (SSSR count). The predicted octanol–water partition coefficient (Wildman–Crippen LogP) is 3.32. The monoisotopic (exact) mass is 278 g/mol. The van der Waals surface area contributed by atoms with Crippen LogP contribution in [0.1, 0.15) is 47.5 Å². The molecule has 20 heavy (non-hydrogen) atoms. The first-order chi connectivity index (χ1) is 9.14. The zero-order valence-electron chi connectivity index (χ0n) is 13.1. The molecule has 1 amide bonds. The van der Waals surface area contributed by atoms with Gasteiger partial charge in [0.2, 0.25) is 5.91 Å². The van der Waals surface area contributed by atoms with E-state index in [1.165, 1.54) is 0 Å². The number of nitrogens with one attached hydrogen (secondary N) is 1. The Morgan fingerprint density at radius 1 is 1.20 bits per heavy atom. The van der Waals surface area contributed by atoms with Crippen LogP contribution in [-0.4, -0.2) is 17.0 Å². The average Bonchev–Trinajstić information content (AvgIpc) is 2.29. The Hall–Kier alpha value is -1.55. The zero-order chi connectivity index (χ0) is 15.4. The summed E-state index contributed by atoms with van der Waals surface area (Å²) in [5.41, 5.74) is 5.65. The molecule has 4 heteroatoms. The van der Waals surface area contributed by atoms with E-state index in [9.17, 15) is 4.79 Å². The van der Waals surface area contributed by atoms with Gasteiger partial charge in [-0.25, -0.2) is 0 Å². The summed E-state index contributed by atoms with van der Waals surface area (Å²) in [7, 11) is 0. The SMILES string of the molecule is CCCC(C)(N)C(=O)Nc1ccc(OC(C)(C)C)cc1. The van der Waals surface area contributed by atoms with E-state index in [0.29, 0.717) is 6.42 Å². The van der Waals surface area contributed by atoms with Crippen molar-refractivity contribution in [3.8, 4) is 5.75 Å². The first kappa shape index (κ1) is 16.5. The highest BCUT2D eigenvalue weighted by Gasteiger charge is 2.27. The Balaban J connectivity index is 2.68. The molecule has 1 aromatic rings. The zero-order valence-corrected chi connectivity index (χ0v) is 13.1. The number of hydrogen-bond acceptors (Lipinski definition) is 3. The molecule has 0 aliphatic carbocycles. The van der Waals surface area contributed by atoms with E-state index in [1.807, 2.05) is 52.0 Å². The van der Waals surface area contributed by atoms with Crippen molar-refractivity contribution < 1.29 is 9.53 Å². The molecule has 0 aromatic heterocycles. The first-order valence-electron chi connectivity index (χ1n) is 7.03. The summed E-state index contributed by atoms with van der Waals surface area (Å²) in [5, 5.41) is 2.84. The summed E-state index contributed by atoms with van der Waals surface area (Å²) >= 11 is 0. The molecule has 1 unspecified atom stereocenters. The topological polar surface area (TPSA) is 64.4 Å². The fourth-order valence-electron chi connectivity index (χ4n) is 1.87. The number of carbonyl (C=O) groups is 1. The standard InChI is InChI=1S/C16H26N2O2/c1-6-11-16(5,17)14(19)18-12-7-9-13(10-8-12)20-15(2,3)4/h7-10H,6,11,17H2,1-5H3,(H,18,19). The van der Waals surface area contributed by atoms with Crippen LogP contribution in [-0.2, 0) is 4.79 Å². The van der Waals surface area contributed by atoms with Gasteiger partial charge >= 0.3 is 0 Å². The average molecular weight is 278 g/mol. The maximum Gasteiger partial charge on any atom is 0.244 e. The molecule has 0 bridgehead atoms. The molecule has 4 nitrogen and oxygen atoms in total. The van der Waals surface area contributed by atoms with E-state index < -0.39 is 5.54 Å². The van der Waals surface area contributed by atoms with Gasteiger partial charge in [-0.15, -0.1) is 0 Å². The second-order valence-corrected chi connectivity index (χ2v) is 6.36. The van der Waals surface area contributed by atoms with Crippen molar-refractivity contribution in [2.45, 2.75) is 58.6 Å². The lowest BCUT2D eigenvalue weighted by atomic mass is 9.96. The third-order valence-corrected chi connectivity index (χ3v) is 2.82. The lowest BCUT2D eigenvalue weighted by molar-refractivity contribution is -0.120. The first-order valence-corrected chi connectivity index (χ1v) is 7.03. The molecule has 0 aliphatic heterocycles. The van der Waals surface area contributed by atoms with Crippen LogP contribution >= 0.6 is 0 Å². The maximum atomic E-state index is 12.1. The smallest absolute Gasteiger partial charge is 0.244 e. The Bertz CT molecular complexity index is 445. The largest absolute Gasteiger partial charge is 0.488 e. The third-order valence-electron chi connectivity index (χ3n) is 2.82. The summed E-state index contributed by atoms with van der Waals surface area (Å²) in [6, 6.07) is 7.32. The Kier molecular flexibility index (Phi) is 5.17. The fourth-order valence-corrected chi connectivity index (χ4v) is 1.87. The van der Waals surface area contributed by atoms with Crippen molar-refractivity contribution in [3.63, 3.8) is 0 Å². The molecule has 0 aliphatic rings. The number of rotatable bonds is 5. The number of ether oxygens (including phenoxy) is 1. The molecule has 1 aromatic carbocycles. The summed E-state index contributed by atoms with van der Waals surface area (Å²) in [4.78, 5) is 12.1. The van der Waals surface area contributed by atoms with Crippen molar-refractivity contribution in [1.82, 2.24) is 0 Å². The second-order valence-electron chi connectivity index (χ2n) is 6.36. The molecule has 3 N–H and O–H groups in total. The highest BCUT2D eigenvalue weighted by molar-refractivity contribution is 5.97. The van der Waals surface area contributed by atoms with Gasteiger partial charge in [-0.05, 0) is 58.4 Å². The quantitative estimate of drug-likeness (QED) is 0.868. The minimum atomic E-state index is -0.838. The van der Waals surface area contributed by atoms with Gasteiger partial charge in [0.1, 0.15) is 11.4 Å². The second kappa shape index (κ2) is 6.27. The fraction of sp³-hybridized carbons (Fsp3) is 0.562. The molecule has 1 atom stereocenters. The summed E-state index contributed by atoms with van der Waals surface area (Å²) in [6.45, 7) is 9.74. The molecule has 0 fully saturated rings. The van der Waals surface area contributed by atoms with Crippen molar-refractivity contribution in [2.75, 3.05) is 5.32 Å². The third kappa shape index (κ3) is 5.21. The van der Waals surface area contributed by atoms with E-state index in [-0.39, 0.29) is 11.5 Å². The summed E-state index contributed by atoms with van der Waals surface area (Å²) < 4.78 is 5.73. The number of anilines is 1. The molecule has 0 heterocycles. The van der Waals surface area contributed by atoms with Gasteiger partial charge in [0.05, 0.1) is 5.54 Å². The van der Waals surface area contributed by atoms with E-state index in [1.54, 1.807) is 6.92 Å². The van der Waals surface area contributed by atoms with Gasteiger partial charge in [-0.1, -0.05) is 13.3 Å². The van der Waals surface area contributed by atoms with Crippen LogP contribution in [0.2, 0.25) is 0 Å². The normalized spacial score (nSPS) is 14.5. The number of nitrogens with two attached hydrogens (primary N) is 1. The minimum Gasteiger partial charge on any atom is -0.488 e. The van der Waals surface area contributed by atoms with Gasteiger partial charge in [-0.2, -0.15) is 0 Å². The van der Waals surface area contributed by atoms with E-state index in [2.05, 4.69) is 5.32 Å². The molecular weight excluding hydrogens is 252 g/mol. The van der Waals surface area contributed by atoms with Gasteiger partial charge in [-0.3, -0.25) is 4.79 Å². The maximum absolute atomic E-state index is 12.1. The molecule has 0 saturated carbocycles. The van der Waals surface area contributed by atoms with Crippen molar-refractivity contribution >= 4 is 11.6 Å². The summed E-state index contributed by atoms with van der Waals surface area (Å²) in [6.07, 6.45) is 1.53. The Morgan fingerprint density at radius 2 is 1.75 bits per heavy atom. The van der Waals surface area contributed by atoms with E-state index in [0.717, 1.165) is 17.9 Å². The molecule has 0 spiro atoms. The highest BCUT2D eigenvalue weighted by atomic mass is 16.5. The van der Waals surface area contributed by atoms with Crippen molar-refractivity contribution in [2.24, 2.45) is 5.73 Å². The highest BCUT2D eigenvalue weighted by Crippen LogP contribution is 2.21. The molecular formula is C16H26N2O2. The van der Waals surface area contributed by atoms with Gasteiger partial charge < -0.3 is 15.8 Å². The lowest BCUT2D eigenvalue weighted by Gasteiger charge is -2.23. The van der Waals surface area contributed by atoms with E-state index >= 15 is 0 Å². The van der Waals surface area contributed by atoms with Crippen molar-refractivity contribution in [1.29, 1.82) is 0 Å². The van der Waals surface area contributed by atoms with Crippen LogP contribution in [0, 0.1) is 0 Å². The van der Waals surface area contributed by atoms with Gasteiger partial charge in [0.25, 0.3) is 0 Å². The predicted molar refractivity (Wildman–Crippen MR) is 83.0 cm³/mol. The van der Waals surface area contributed by atoms with Gasteiger partial charge in [0.15, 0.2) is 0 Å².